The lowest BCUT2D eigenvalue weighted by Gasteiger charge is -2.17. The van der Waals surface area contributed by atoms with E-state index in [1.807, 2.05) is 12.1 Å². The summed E-state index contributed by atoms with van der Waals surface area (Å²) in [4.78, 5) is 0. The molecule has 0 spiro atoms. The zero-order valence-electron chi connectivity index (χ0n) is 9.67. The minimum absolute atomic E-state index is 0.520. The molecule has 0 radical (unpaired) electrons. The van der Waals surface area contributed by atoms with Crippen LogP contribution in [-0.2, 0) is 4.57 Å². The third-order valence-corrected chi connectivity index (χ3v) is 3.59. The maximum atomic E-state index is 12.9. The first-order valence-electron chi connectivity index (χ1n) is 5.64. The maximum Gasteiger partial charge on any atom is 0.403 e. The minimum Gasteiger partial charge on any atom is -0.250 e. The fraction of sp³-hybridized carbons (Fsp3) is 0.143. The van der Waals surface area contributed by atoms with Crippen molar-refractivity contribution in [2.24, 2.45) is 0 Å². The molecular formula is C14H13F2OP. The van der Waals surface area contributed by atoms with E-state index in [4.69, 9.17) is 0 Å². The quantitative estimate of drug-likeness (QED) is 0.715. The van der Waals surface area contributed by atoms with E-state index >= 15 is 0 Å². The monoisotopic (exact) mass is 266 g/mol. The van der Waals surface area contributed by atoms with Crippen LogP contribution < -0.4 is 0 Å². The Morgan fingerprint density at radius 1 is 0.833 bits per heavy atom. The molecule has 0 heterocycles. The van der Waals surface area contributed by atoms with Gasteiger partial charge in [-0.25, -0.2) is 0 Å². The van der Waals surface area contributed by atoms with Gasteiger partial charge in [0.15, 0.2) is 0 Å². The van der Waals surface area contributed by atoms with Crippen LogP contribution in [0.3, 0.4) is 0 Å². The summed E-state index contributed by atoms with van der Waals surface area (Å²) < 4.78 is 36.6. The predicted octanol–water partition coefficient (Wildman–Crippen LogP) is 4.95. The highest BCUT2D eigenvalue weighted by Gasteiger charge is 2.27. The molecule has 94 valence electrons. The molecule has 2 aromatic carbocycles. The van der Waals surface area contributed by atoms with Crippen molar-refractivity contribution in [2.75, 3.05) is 6.16 Å². The highest BCUT2D eigenvalue weighted by molar-refractivity contribution is 7.53. The van der Waals surface area contributed by atoms with E-state index in [-0.39, 0.29) is 0 Å². The van der Waals surface area contributed by atoms with Gasteiger partial charge in [0.25, 0.3) is 0 Å². The van der Waals surface area contributed by atoms with Crippen LogP contribution in [0.1, 0.15) is 17.0 Å². The molecule has 1 nitrogen and oxygen atoms in total. The Morgan fingerprint density at radius 2 is 1.22 bits per heavy atom. The molecule has 0 atom stereocenters. The van der Waals surface area contributed by atoms with Crippen molar-refractivity contribution < 1.29 is 13.0 Å². The van der Waals surface area contributed by atoms with Crippen LogP contribution in [0.2, 0.25) is 0 Å². The lowest BCUT2D eigenvalue weighted by atomic mass is 9.93. The average molecular weight is 266 g/mol. The first kappa shape index (κ1) is 13.0. The summed E-state index contributed by atoms with van der Waals surface area (Å²) in [6.45, 7) is 0. The van der Waals surface area contributed by atoms with E-state index < -0.39 is 19.8 Å². The number of hydrogen-bond donors (Lipinski definition) is 0. The highest BCUT2D eigenvalue weighted by atomic mass is 31.2. The second-order valence-electron chi connectivity index (χ2n) is 4.13. The van der Waals surface area contributed by atoms with Crippen molar-refractivity contribution in [2.45, 2.75) is 5.92 Å². The van der Waals surface area contributed by atoms with Crippen molar-refractivity contribution in [3.63, 3.8) is 0 Å². The van der Waals surface area contributed by atoms with Crippen molar-refractivity contribution in [1.82, 2.24) is 0 Å². The SMILES string of the molecule is O=P(F)(F)CC(c1ccccc1)c1ccccc1. The molecule has 0 aliphatic rings. The molecule has 4 heteroatoms. The van der Waals surface area contributed by atoms with E-state index in [0.29, 0.717) is 0 Å². The summed E-state index contributed by atoms with van der Waals surface area (Å²) >= 11 is 0. The molecule has 0 aliphatic carbocycles. The Bertz CT molecular complexity index is 497. The first-order valence-corrected chi connectivity index (χ1v) is 7.32. The molecule has 0 N–H and O–H groups in total. The Morgan fingerprint density at radius 3 is 1.56 bits per heavy atom. The molecular weight excluding hydrogens is 253 g/mol. The third kappa shape index (κ3) is 3.51. The molecule has 0 bridgehead atoms. The van der Waals surface area contributed by atoms with Gasteiger partial charge in [0.1, 0.15) is 0 Å². The molecule has 0 aliphatic heterocycles. The molecule has 2 aromatic rings. The highest BCUT2D eigenvalue weighted by Crippen LogP contribution is 2.53. The van der Waals surface area contributed by atoms with E-state index in [0.717, 1.165) is 11.1 Å². The van der Waals surface area contributed by atoms with Gasteiger partial charge in [-0.15, -0.1) is 0 Å². The molecule has 0 saturated carbocycles. The zero-order valence-corrected chi connectivity index (χ0v) is 10.6. The van der Waals surface area contributed by atoms with Gasteiger partial charge in [0.05, 0.1) is 6.16 Å². The molecule has 18 heavy (non-hydrogen) atoms. The Kier molecular flexibility index (Phi) is 3.93. The Balaban J connectivity index is 2.39. The van der Waals surface area contributed by atoms with Crippen LogP contribution in [0.25, 0.3) is 0 Å². The zero-order chi connectivity index (χ0) is 13.0. The topological polar surface area (TPSA) is 17.1 Å². The van der Waals surface area contributed by atoms with Gasteiger partial charge >= 0.3 is 7.76 Å². The standard InChI is InChI=1S/C14H13F2OP/c15-18(16,17)11-14(12-7-3-1-4-8-12)13-9-5-2-6-10-13/h1-10,14H,11H2. The fourth-order valence-electron chi connectivity index (χ4n) is 1.99. The van der Waals surface area contributed by atoms with Gasteiger partial charge in [0, 0.05) is 5.92 Å². The summed E-state index contributed by atoms with van der Waals surface area (Å²) in [6.07, 6.45) is -0.610. The van der Waals surface area contributed by atoms with E-state index in [1.165, 1.54) is 0 Å². The van der Waals surface area contributed by atoms with Gasteiger partial charge in [-0.3, -0.25) is 4.57 Å². The first-order chi connectivity index (χ1) is 8.56. The fourth-order valence-corrected chi connectivity index (χ4v) is 2.83. The second-order valence-corrected chi connectivity index (χ2v) is 5.63. The number of benzene rings is 2. The van der Waals surface area contributed by atoms with E-state index in [2.05, 4.69) is 0 Å². The van der Waals surface area contributed by atoms with Crippen molar-refractivity contribution >= 4 is 7.76 Å². The van der Waals surface area contributed by atoms with Crippen LogP contribution in [0.15, 0.2) is 60.7 Å². The van der Waals surface area contributed by atoms with Crippen LogP contribution in [0, 0.1) is 0 Å². The van der Waals surface area contributed by atoms with Gasteiger partial charge in [0.2, 0.25) is 0 Å². The van der Waals surface area contributed by atoms with E-state index in [9.17, 15) is 13.0 Å². The van der Waals surface area contributed by atoms with Crippen LogP contribution >= 0.6 is 7.76 Å². The Labute approximate surface area is 105 Å². The summed E-state index contributed by atoms with van der Waals surface area (Å²) in [5, 5.41) is 0. The predicted molar refractivity (Wildman–Crippen MR) is 69.4 cm³/mol. The lowest BCUT2D eigenvalue weighted by molar-refractivity contribution is 0.491. The summed E-state index contributed by atoms with van der Waals surface area (Å²) in [7, 11) is -5.05. The van der Waals surface area contributed by atoms with Crippen LogP contribution in [0.4, 0.5) is 8.39 Å². The molecule has 0 fully saturated rings. The third-order valence-electron chi connectivity index (χ3n) is 2.80. The molecule has 2 rings (SSSR count). The summed E-state index contributed by atoms with van der Waals surface area (Å²) in [6, 6.07) is 18.0. The summed E-state index contributed by atoms with van der Waals surface area (Å²) in [5.74, 6) is -0.520. The van der Waals surface area contributed by atoms with Crippen LogP contribution in [0.5, 0.6) is 0 Å². The Hall–Kier alpha value is -1.47. The van der Waals surface area contributed by atoms with Crippen molar-refractivity contribution in [3.8, 4) is 0 Å². The van der Waals surface area contributed by atoms with Gasteiger partial charge < -0.3 is 0 Å². The second kappa shape index (κ2) is 5.45. The maximum absolute atomic E-state index is 12.9. The normalized spacial score (nSPS) is 11.7. The molecule has 0 unspecified atom stereocenters. The molecule has 0 aromatic heterocycles. The number of hydrogen-bond acceptors (Lipinski definition) is 1. The molecule has 0 saturated heterocycles. The van der Waals surface area contributed by atoms with Gasteiger partial charge in [-0.1, -0.05) is 60.7 Å². The minimum atomic E-state index is -5.05. The number of halogens is 2. The largest absolute Gasteiger partial charge is 0.403 e. The lowest BCUT2D eigenvalue weighted by Crippen LogP contribution is -2.04. The summed E-state index contributed by atoms with van der Waals surface area (Å²) in [5.41, 5.74) is 1.53. The average Bonchev–Trinajstić information content (AvgIpc) is 2.37. The van der Waals surface area contributed by atoms with Gasteiger partial charge in [-0.05, 0) is 11.1 Å². The smallest absolute Gasteiger partial charge is 0.250 e. The van der Waals surface area contributed by atoms with Crippen molar-refractivity contribution in [3.05, 3.63) is 71.8 Å². The number of rotatable bonds is 4. The van der Waals surface area contributed by atoms with Crippen molar-refractivity contribution in [1.29, 1.82) is 0 Å². The van der Waals surface area contributed by atoms with Gasteiger partial charge in [-0.2, -0.15) is 8.39 Å². The molecule has 0 amide bonds. The van der Waals surface area contributed by atoms with Crippen LogP contribution in [-0.4, -0.2) is 6.16 Å². The van der Waals surface area contributed by atoms with E-state index in [1.54, 1.807) is 48.5 Å².